The van der Waals surface area contributed by atoms with Gasteiger partial charge in [-0.25, -0.2) is 9.37 Å². The number of ether oxygens (including phenoxy) is 1. The maximum atomic E-state index is 13.7. The topological polar surface area (TPSA) is 34.2 Å². The van der Waals surface area contributed by atoms with Gasteiger partial charge in [0.15, 0.2) is 11.6 Å². The third-order valence-corrected chi connectivity index (χ3v) is 2.78. The summed E-state index contributed by atoms with van der Waals surface area (Å²) in [5, 5.41) is 3.30. The van der Waals surface area contributed by atoms with Crippen LogP contribution in [0.1, 0.15) is 26.3 Å². The summed E-state index contributed by atoms with van der Waals surface area (Å²) in [7, 11) is 0. The number of aromatic nitrogens is 1. The van der Waals surface area contributed by atoms with Gasteiger partial charge in [0.05, 0.1) is 0 Å². The van der Waals surface area contributed by atoms with Gasteiger partial charge < -0.3 is 10.1 Å². The predicted molar refractivity (Wildman–Crippen MR) is 77.3 cm³/mol. The summed E-state index contributed by atoms with van der Waals surface area (Å²) < 4.78 is 32.3. The van der Waals surface area contributed by atoms with E-state index in [0.29, 0.717) is 6.54 Å². The predicted octanol–water partition coefficient (Wildman–Crippen LogP) is 4.04. The van der Waals surface area contributed by atoms with Crippen LogP contribution in [-0.4, -0.2) is 10.5 Å². The Morgan fingerprint density at radius 2 is 1.90 bits per heavy atom. The first-order chi connectivity index (χ1) is 9.87. The lowest BCUT2D eigenvalue weighted by molar-refractivity contribution is 0.389. The maximum Gasteiger partial charge on any atom is 0.223 e. The summed E-state index contributed by atoms with van der Waals surface area (Å²) in [5.74, 6) is -1.87. The van der Waals surface area contributed by atoms with E-state index >= 15 is 0 Å². The van der Waals surface area contributed by atoms with Crippen LogP contribution in [0.2, 0.25) is 0 Å². The van der Waals surface area contributed by atoms with E-state index in [9.17, 15) is 8.78 Å². The molecule has 1 N–H and O–H groups in total. The number of pyridine rings is 1. The lowest BCUT2D eigenvalue weighted by Crippen LogP contribution is -2.35. The average Bonchev–Trinajstić information content (AvgIpc) is 2.42. The molecule has 0 bridgehead atoms. The molecule has 21 heavy (non-hydrogen) atoms. The third kappa shape index (κ3) is 4.23. The molecule has 0 aliphatic carbocycles. The molecule has 5 heteroatoms. The number of halogens is 2. The number of benzene rings is 1. The number of nitrogens with zero attached hydrogens (tertiary/aromatic N) is 1. The van der Waals surface area contributed by atoms with Crippen LogP contribution in [0.15, 0.2) is 36.5 Å². The summed E-state index contributed by atoms with van der Waals surface area (Å²) in [6.45, 7) is 6.63. The Bertz CT molecular complexity index is 624. The van der Waals surface area contributed by atoms with Crippen LogP contribution < -0.4 is 10.1 Å². The zero-order valence-electron chi connectivity index (χ0n) is 12.3. The van der Waals surface area contributed by atoms with E-state index in [1.807, 2.05) is 26.8 Å². The quantitative estimate of drug-likeness (QED) is 0.923. The minimum atomic E-state index is -1.02. The van der Waals surface area contributed by atoms with Gasteiger partial charge >= 0.3 is 0 Å². The molecule has 0 saturated carbocycles. The third-order valence-electron chi connectivity index (χ3n) is 2.78. The highest BCUT2D eigenvalue weighted by Gasteiger charge is 2.14. The highest BCUT2D eigenvalue weighted by atomic mass is 19.2. The molecule has 3 nitrogen and oxygen atoms in total. The van der Waals surface area contributed by atoms with Crippen molar-refractivity contribution in [3.63, 3.8) is 0 Å². The van der Waals surface area contributed by atoms with Crippen LogP contribution >= 0.6 is 0 Å². The van der Waals surface area contributed by atoms with Crippen LogP contribution in [0.25, 0.3) is 0 Å². The van der Waals surface area contributed by atoms with Crippen molar-refractivity contribution in [2.75, 3.05) is 0 Å². The number of nitrogens with one attached hydrogen (secondary N) is 1. The highest BCUT2D eigenvalue weighted by Crippen LogP contribution is 2.26. The van der Waals surface area contributed by atoms with E-state index in [1.165, 1.54) is 12.1 Å². The van der Waals surface area contributed by atoms with Crippen LogP contribution in [0.3, 0.4) is 0 Å². The van der Waals surface area contributed by atoms with E-state index in [1.54, 1.807) is 12.3 Å². The molecule has 0 fully saturated rings. The van der Waals surface area contributed by atoms with Gasteiger partial charge in [0.2, 0.25) is 11.7 Å². The van der Waals surface area contributed by atoms with Gasteiger partial charge in [0.1, 0.15) is 0 Å². The molecule has 0 spiro atoms. The van der Waals surface area contributed by atoms with Crippen molar-refractivity contribution in [3.05, 3.63) is 53.7 Å². The van der Waals surface area contributed by atoms with Gasteiger partial charge in [-0.05, 0) is 39.0 Å². The van der Waals surface area contributed by atoms with Gasteiger partial charge in [-0.3, -0.25) is 0 Å². The minimum Gasteiger partial charge on any atom is -0.435 e. The molecular weight excluding hydrogens is 274 g/mol. The fourth-order valence-electron chi connectivity index (χ4n) is 1.68. The molecule has 0 aliphatic heterocycles. The molecule has 1 heterocycles. The van der Waals surface area contributed by atoms with Crippen molar-refractivity contribution in [3.8, 4) is 11.6 Å². The Balaban J connectivity index is 2.22. The van der Waals surface area contributed by atoms with Gasteiger partial charge in [0.25, 0.3) is 0 Å². The zero-order valence-corrected chi connectivity index (χ0v) is 12.3. The van der Waals surface area contributed by atoms with Crippen molar-refractivity contribution < 1.29 is 13.5 Å². The summed E-state index contributed by atoms with van der Waals surface area (Å²) in [6.07, 6.45) is 1.55. The van der Waals surface area contributed by atoms with E-state index in [-0.39, 0.29) is 17.2 Å². The summed E-state index contributed by atoms with van der Waals surface area (Å²) >= 11 is 0. The van der Waals surface area contributed by atoms with Gasteiger partial charge in [-0.1, -0.05) is 12.1 Å². The van der Waals surface area contributed by atoms with Crippen LogP contribution in [0.5, 0.6) is 11.6 Å². The minimum absolute atomic E-state index is 0.0722. The van der Waals surface area contributed by atoms with E-state index in [4.69, 9.17) is 4.74 Å². The number of rotatable bonds is 4. The second kappa shape index (κ2) is 6.18. The monoisotopic (exact) mass is 292 g/mol. The van der Waals surface area contributed by atoms with Crippen molar-refractivity contribution in [1.82, 2.24) is 10.3 Å². The van der Waals surface area contributed by atoms with Crippen molar-refractivity contribution in [2.24, 2.45) is 0 Å². The molecular formula is C16H18F2N2O. The molecule has 2 rings (SSSR count). The second-order valence-electron chi connectivity index (χ2n) is 5.73. The zero-order chi connectivity index (χ0) is 15.5. The summed E-state index contributed by atoms with van der Waals surface area (Å²) in [4.78, 5) is 4.09. The fourth-order valence-corrected chi connectivity index (χ4v) is 1.68. The molecule has 0 aliphatic rings. The maximum absolute atomic E-state index is 13.7. The van der Waals surface area contributed by atoms with E-state index < -0.39 is 11.6 Å². The number of hydrogen-bond acceptors (Lipinski definition) is 3. The molecule has 0 radical (unpaired) electrons. The van der Waals surface area contributed by atoms with Crippen LogP contribution in [-0.2, 0) is 6.54 Å². The Morgan fingerprint density at radius 3 is 2.62 bits per heavy atom. The largest absolute Gasteiger partial charge is 0.435 e. The molecule has 112 valence electrons. The summed E-state index contributed by atoms with van der Waals surface area (Å²) in [6, 6.07) is 7.41. The Morgan fingerprint density at radius 1 is 1.14 bits per heavy atom. The van der Waals surface area contributed by atoms with Crippen LogP contribution in [0.4, 0.5) is 8.78 Å². The lowest BCUT2D eigenvalue weighted by atomic mass is 10.1. The second-order valence-corrected chi connectivity index (χ2v) is 5.73. The molecule has 2 aromatic rings. The number of hydrogen-bond donors (Lipinski definition) is 1. The Hall–Kier alpha value is -2.01. The molecule has 1 aromatic heterocycles. The molecule has 0 saturated heterocycles. The van der Waals surface area contributed by atoms with Gasteiger partial charge in [-0.15, -0.1) is 0 Å². The highest BCUT2D eigenvalue weighted by molar-refractivity contribution is 5.33. The Kier molecular flexibility index (Phi) is 4.53. The molecule has 0 amide bonds. The first-order valence-corrected chi connectivity index (χ1v) is 6.67. The van der Waals surface area contributed by atoms with Gasteiger partial charge in [-0.2, -0.15) is 4.39 Å². The smallest absolute Gasteiger partial charge is 0.223 e. The first-order valence-electron chi connectivity index (χ1n) is 6.67. The van der Waals surface area contributed by atoms with E-state index in [2.05, 4.69) is 10.3 Å². The fraction of sp³-hybridized carbons (Fsp3) is 0.312. The molecule has 0 unspecified atom stereocenters. The SMILES string of the molecule is CC(C)(C)NCc1cccnc1Oc1cccc(F)c1F. The van der Waals surface area contributed by atoms with Crippen molar-refractivity contribution >= 4 is 0 Å². The average molecular weight is 292 g/mol. The standard InChI is InChI=1S/C16H18F2N2O/c1-16(2,3)20-10-11-6-5-9-19-15(11)21-13-8-4-7-12(17)14(13)18/h4-9,20H,10H2,1-3H3. The van der Waals surface area contributed by atoms with Crippen LogP contribution in [0, 0.1) is 11.6 Å². The molecule has 0 atom stereocenters. The Labute approximate surface area is 123 Å². The normalized spacial score (nSPS) is 11.5. The van der Waals surface area contributed by atoms with Crippen molar-refractivity contribution in [2.45, 2.75) is 32.9 Å². The van der Waals surface area contributed by atoms with Gasteiger partial charge in [0, 0.05) is 23.8 Å². The first kappa shape index (κ1) is 15.4. The van der Waals surface area contributed by atoms with Crippen molar-refractivity contribution in [1.29, 1.82) is 0 Å². The summed E-state index contributed by atoms with van der Waals surface area (Å²) in [5.41, 5.74) is 0.702. The lowest BCUT2D eigenvalue weighted by Gasteiger charge is -2.21. The van der Waals surface area contributed by atoms with E-state index in [0.717, 1.165) is 11.6 Å². The molecule has 1 aromatic carbocycles.